The van der Waals surface area contributed by atoms with Gasteiger partial charge in [0.25, 0.3) is 6.43 Å². The second kappa shape index (κ2) is 7.44. The lowest BCUT2D eigenvalue weighted by Crippen LogP contribution is -2.22. The van der Waals surface area contributed by atoms with E-state index in [2.05, 4.69) is 26.6 Å². The molecule has 3 atom stereocenters. The summed E-state index contributed by atoms with van der Waals surface area (Å²) in [6.45, 7) is 5.07. The van der Waals surface area contributed by atoms with Gasteiger partial charge in [0.2, 0.25) is 0 Å². The summed E-state index contributed by atoms with van der Waals surface area (Å²) in [5.41, 5.74) is 2.23. The molecule has 0 bridgehead atoms. The minimum Gasteiger partial charge on any atom is -0.381 e. The number of nitrogens with zero attached hydrogens (tertiary/aromatic N) is 3. The van der Waals surface area contributed by atoms with E-state index in [9.17, 15) is 13.2 Å². The zero-order chi connectivity index (χ0) is 21.8. The minimum atomic E-state index is -2.87. The van der Waals surface area contributed by atoms with Crippen LogP contribution in [0.3, 0.4) is 0 Å². The van der Waals surface area contributed by atoms with Crippen molar-refractivity contribution in [1.82, 2.24) is 15.2 Å². The molecule has 1 aromatic carbocycles. The molecule has 0 spiro atoms. The molecular weight excluding hydrogens is 405 g/mol. The minimum absolute atomic E-state index is 0.108. The largest absolute Gasteiger partial charge is 0.381 e. The highest BCUT2D eigenvalue weighted by atomic mass is 19.3. The van der Waals surface area contributed by atoms with E-state index < -0.39 is 23.8 Å². The van der Waals surface area contributed by atoms with Crippen LogP contribution in [0.25, 0.3) is 10.9 Å². The van der Waals surface area contributed by atoms with Crippen LogP contribution in [-0.2, 0) is 10.2 Å². The molecule has 1 aliphatic heterocycles. The van der Waals surface area contributed by atoms with Crippen LogP contribution >= 0.6 is 0 Å². The molecule has 1 saturated heterocycles. The Morgan fingerprint density at radius 2 is 2.03 bits per heavy atom. The Labute approximate surface area is 178 Å². The summed E-state index contributed by atoms with van der Waals surface area (Å²) in [6.07, 6.45) is 1.10. The van der Waals surface area contributed by atoms with Gasteiger partial charge in [-0.2, -0.15) is 5.10 Å². The van der Waals surface area contributed by atoms with Crippen molar-refractivity contribution in [3.63, 3.8) is 0 Å². The summed E-state index contributed by atoms with van der Waals surface area (Å²) in [4.78, 5) is 4.67. The van der Waals surface area contributed by atoms with Gasteiger partial charge in [0.15, 0.2) is 5.82 Å². The van der Waals surface area contributed by atoms with E-state index in [1.165, 1.54) is 12.1 Å². The number of halogens is 3. The number of hydrogen-bond acceptors (Lipinski definition) is 5. The first-order valence-corrected chi connectivity index (χ1v) is 10.4. The molecule has 2 aromatic heterocycles. The molecule has 1 N–H and O–H groups in total. The summed E-state index contributed by atoms with van der Waals surface area (Å²) in [7, 11) is 0. The van der Waals surface area contributed by atoms with Gasteiger partial charge in [-0.1, -0.05) is 18.2 Å². The van der Waals surface area contributed by atoms with E-state index in [-0.39, 0.29) is 11.0 Å². The van der Waals surface area contributed by atoms with Crippen molar-refractivity contribution in [3.05, 3.63) is 58.7 Å². The molecule has 8 heteroatoms. The van der Waals surface area contributed by atoms with Gasteiger partial charge in [-0.15, -0.1) is 5.10 Å². The van der Waals surface area contributed by atoms with Crippen molar-refractivity contribution < 1.29 is 17.9 Å². The number of anilines is 1. The van der Waals surface area contributed by atoms with E-state index in [1.54, 1.807) is 6.92 Å². The van der Waals surface area contributed by atoms with Crippen molar-refractivity contribution in [3.8, 4) is 0 Å². The van der Waals surface area contributed by atoms with Crippen LogP contribution in [0.2, 0.25) is 0 Å². The fraction of sp³-hybridized carbons (Fsp3) is 0.435. The summed E-state index contributed by atoms with van der Waals surface area (Å²) in [6, 6.07) is 5.55. The second-order valence-corrected chi connectivity index (χ2v) is 8.55. The lowest BCUT2D eigenvalue weighted by Gasteiger charge is -2.23. The summed E-state index contributed by atoms with van der Waals surface area (Å²) in [5, 5.41) is 12.4. The number of benzene rings is 1. The van der Waals surface area contributed by atoms with E-state index in [0.717, 1.165) is 48.6 Å². The molecule has 3 aromatic rings. The third-order valence-electron chi connectivity index (χ3n) is 6.72. The van der Waals surface area contributed by atoms with Crippen LogP contribution in [0.4, 0.5) is 19.0 Å². The molecule has 0 radical (unpaired) electrons. The maximum absolute atomic E-state index is 14.6. The van der Waals surface area contributed by atoms with Crippen LogP contribution < -0.4 is 5.32 Å². The molecule has 162 valence electrons. The number of fused-ring (bicyclic) bond motifs is 2. The Morgan fingerprint density at radius 1 is 1.23 bits per heavy atom. The number of rotatable bonds is 5. The zero-order valence-corrected chi connectivity index (χ0v) is 17.3. The Hall–Kier alpha value is -2.74. The topological polar surface area (TPSA) is 59.9 Å². The van der Waals surface area contributed by atoms with Gasteiger partial charge in [-0.25, -0.2) is 13.2 Å². The van der Waals surface area contributed by atoms with Gasteiger partial charge in [0.1, 0.15) is 5.82 Å². The van der Waals surface area contributed by atoms with E-state index in [4.69, 9.17) is 4.74 Å². The van der Waals surface area contributed by atoms with Crippen molar-refractivity contribution in [2.75, 3.05) is 18.5 Å². The fourth-order valence-electron chi connectivity index (χ4n) is 4.78. The highest BCUT2D eigenvalue weighted by molar-refractivity contribution is 5.90. The molecule has 0 amide bonds. The van der Waals surface area contributed by atoms with Gasteiger partial charge in [-0.05, 0) is 44.2 Å². The van der Waals surface area contributed by atoms with Crippen LogP contribution in [0.15, 0.2) is 30.5 Å². The molecular formula is C23H23F3N4O. The number of nitrogens with one attached hydrogen (secondary N) is 1. The monoisotopic (exact) mass is 428 g/mol. The van der Waals surface area contributed by atoms with Gasteiger partial charge in [-0.3, -0.25) is 4.98 Å². The highest BCUT2D eigenvalue weighted by Gasteiger charge is 2.56. The number of pyridine rings is 1. The molecule has 2 unspecified atom stereocenters. The SMILES string of the molecule is Cc1nnc(N[C@H](C)c2cccc(C(F)F)c2F)c2cc(C34CCOCC3C4)cnc12. The number of ether oxygens (including phenoxy) is 1. The first kappa shape index (κ1) is 20.2. The lowest BCUT2D eigenvalue weighted by atomic mass is 9.89. The van der Waals surface area contributed by atoms with Gasteiger partial charge in [0.05, 0.1) is 29.4 Å². The first-order valence-electron chi connectivity index (χ1n) is 10.4. The maximum Gasteiger partial charge on any atom is 0.266 e. The number of aryl methyl sites for hydroxylation is 1. The molecule has 31 heavy (non-hydrogen) atoms. The summed E-state index contributed by atoms with van der Waals surface area (Å²) in [5.74, 6) is 0.0745. The number of aromatic nitrogens is 3. The molecule has 1 saturated carbocycles. The van der Waals surface area contributed by atoms with Crippen molar-refractivity contribution >= 4 is 16.7 Å². The molecule has 5 rings (SSSR count). The average molecular weight is 428 g/mol. The molecule has 2 fully saturated rings. The Balaban J connectivity index is 1.52. The fourth-order valence-corrected chi connectivity index (χ4v) is 4.78. The first-order chi connectivity index (χ1) is 14.9. The maximum atomic E-state index is 14.6. The van der Waals surface area contributed by atoms with Gasteiger partial charge in [0, 0.05) is 29.2 Å². The number of hydrogen-bond donors (Lipinski definition) is 1. The smallest absolute Gasteiger partial charge is 0.266 e. The normalized spacial score (nSPS) is 23.6. The van der Waals surface area contributed by atoms with Gasteiger partial charge < -0.3 is 10.1 Å². The van der Waals surface area contributed by atoms with Crippen LogP contribution in [0, 0.1) is 18.7 Å². The van der Waals surface area contributed by atoms with E-state index >= 15 is 0 Å². The summed E-state index contributed by atoms with van der Waals surface area (Å²) < 4.78 is 46.5. The lowest BCUT2D eigenvalue weighted by molar-refractivity contribution is 0.0802. The Morgan fingerprint density at radius 3 is 2.81 bits per heavy atom. The van der Waals surface area contributed by atoms with Crippen molar-refractivity contribution in [2.45, 2.75) is 44.6 Å². The Kier molecular flexibility index (Phi) is 4.84. The van der Waals surface area contributed by atoms with Crippen LogP contribution in [0.5, 0.6) is 0 Å². The quantitative estimate of drug-likeness (QED) is 0.601. The summed E-state index contributed by atoms with van der Waals surface area (Å²) >= 11 is 0. The van der Waals surface area contributed by atoms with Crippen LogP contribution in [-0.4, -0.2) is 28.4 Å². The third-order valence-corrected chi connectivity index (χ3v) is 6.72. The molecule has 3 heterocycles. The third kappa shape index (κ3) is 3.33. The predicted molar refractivity (Wildman–Crippen MR) is 111 cm³/mol. The standard InChI is InChI=1S/C23H23F3N4O/c1-12(16-4-3-5-17(19(16)24)21(25)26)28-22-18-8-14(10-27-20(18)13(2)29-30-22)23-6-7-31-11-15(23)9-23/h3-5,8,10,12,15,21H,6-7,9,11H2,1-2H3,(H,28,30)/t12-,15?,23?/m1/s1. The second-order valence-electron chi connectivity index (χ2n) is 8.55. The van der Waals surface area contributed by atoms with E-state index in [1.807, 2.05) is 13.1 Å². The van der Waals surface area contributed by atoms with E-state index in [0.29, 0.717) is 17.4 Å². The molecule has 1 aliphatic carbocycles. The highest BCUT2D eigenvalue weighted by Crippen LogP contribution is 2.59. The van der Waals surface area contributed by atoms with Crippen LogP contribution in [0.1, 0.15) is 54.6 Å². The number of alkyl halides is 2. The molecule has 2 aliphatic rings. The Bertz CT molecular complexity index is 1160. The zero-order valence-electron chi connectivity index (χ0n) is 17.3. The molecule has 5 nitrogen and oxygen atoms in total. The predicted octanol–water partition coefficient (Wildman–Crippen LogP) is 5.26. The van der Waals surface area contributed by atoms with Gasteiger partial charge >= 0.3 is 0 Å². The van der Waals surface area contributed by atoms with Crippen molar-refractivity contribution in [2.24, 2.45) is 5.92 Å². The van der Waals surface area contributed by atoms with Crippen molar-refractivity contribution in [1.29, 1.82) is 0 Å². The average Bonchev–Trinajstić information content (AvgIpc) is 3.51.